The fraction of sp³-hybridized carbons (Fsp3) is 0.333. The Morgan fingerprint density at radius 2 is 1.74 bits per heavy atom. The fourth-order valence-corrected chi connectivity index (χ4v) is 3.35. The number of carbonyl (C=O) groups is 2. The molecule has 0 aromatic heterocycles. The van der Waals surface area contributed by atoms with Gasteiger partial charge in [-0.05, 0) is 49.6 Å². The third kappa shape index (κ3) is 4.93. The summed E-state index contributed by atoms with van der Waals surface area (Å²) in [5.41, 5.74) is 8.51. The van der Waals surface area contributed by atoms with Crippen molar-refractivity contribution in [3.05, 3.63) is 71.0 Å². The van der Waals surface area contributed by atoms with Crippen molar-refractivity contribution >= 4 is 24.1 Å². The monoisotopic (exact) mass is 390 g/mol. The van der Waals surface area contributed by atoms with Crippen molar-refractivity contribution in [3.8, 4) is 0 Å². The molecule has 2 aromatic rings. The summed E-state index contributed by atoms with van der Waals surface area (Å²) in [4.78, 5) is 27.1. The molecule has 4 nitrogen and oxygen atoms in total. The van der Waals surface area contributed by atoms with Gasteiger partial charge in [-0.25, -0.2) is 4.39 Å². The van der Waals surface area contributed by atoms with Crippen molar-refractivity contribution in [1.29, 1.82) is 0 Å². The second-order valence-electron chi connectivity index (χ2n) is 6.88. The number of Topliss-reactive ketones (excluding diaryl/α,β-unsaturated/α-hetero) is 1. The van der Waals surface area contributed by atoms with Crippen LogP contribution in [0.25, 0.3) is 0 Å². The van der Waals surface area contributed by atoms with E-state index in [1.54, 1.807) is 4.90 Å². The molecule has 2 N–H and O–H groups in total. The van der Waals surface area contributed by atoms with Crippen molar-refractivity contribution in [1.82, 2.24) is 4.90 Å². The molecule has 1 fully saturated rings. The quantitative estimate of drug-likeness (QED) is 0.810. The SMILES string of the molecule is Cc1ccc(C(N)C(=O)N2CCCC(C(=O)c3ccc(F)cc3)C2)cc1.Cl. The largest absolute Gasteiger partial charge is 0.340 e. The number of benzene rings is 2. The highest BCUT2D eigenvalue weighted by atomic mass is 35.5. The molecular formula is C21H24ClFN2O2. The van der Waals surface area contributed by atoms with Gasteiger partial charge in [0, 0.05) is 24.6 Å². The van der Waals surface area contributed by atoms with E-state index >= 15 is 0 Å². The molecule has 144 valence electrons. The van der Waals surface area contributed by atoms with Crippen LogP contribution in [0.4, 0.5) is 4.39 Å². The van der Waals surface area contributed by atoms with E-state index in [0.717, 1.165) is 24.0 Å². The van der Waals surface area contributed by atoms with Crippen molar-refractivity contribution in [2.75, 3.05) is 13.1 Å². The lowest BCUT2D eigenvalue weighted by atomic mass is 9.89. The molecule has 2 aromatic carbocycles. The first-order valence-corrected chi connectivity index (χ1v) is 8.86. The Morgan fingerprint density at radius 1 is 1.11 bits per heavy atom. The van der Waals surface area contributed by atoms with Crippen LogP contribution in [-0.4, -0.2) is 29.7 Å². The summed E-state index contributed by atoms with van der Waals surface area (Å²) < 4.78 is 13.1. The van der Waals surface area contributed by atoms with Gasteiger partial charge >= 0.3 is 0 Å². The fourth-order valence-electron chi connectivity index (χ4n) is 3.35. The Morgan fingerprint density at radius 3 is 2.37 bits per heavy atom. The van der Waals surface area contributed by atoms with E-state index in [0.29, 0.717) is 18.7 Å². The van der Waals surface area contributed by atoms with Gasteiger partial charge in [-0.3, -0.25) is 9.59 Å². The number of halogens is 2. The molecule has 0 saturated carbocycles. The van der Waals surface area contributed by atoms with E-state index in [-0.39, 0.29) is 35.8 Å². The molecule has 2 unspecified atom stereocenters. The maximum atomic E-state index is 13.1. The van der Waals surface area contributed by atoms with Gasteiger partial charge < -0.3 is 10.6 Å². The van der Waals surface area contributed by atoms with Gasteiger partial charge in [-0.15, -0.1) is 12.4 Å². The van der Waals surface area contributed by atoms with Gasteiger partial charge in [0.25, 0.3) is 0 Å². The number of carbonyl (C=O) groups excluding carboxylic acids is 2. The summed E-state index contributed by atoms with van der Waals surface area (Å²) in [5, 5.41) is 0. The summed E-state index contributed by atoms with van der Waals surface area (Å²) in [5.74, 6) is -0.855. The molecule has 0 spiro atoms. The Balaban J connectivity index is 0.00000261. The van der Waals surface area contributed by atoms with Crippen molar-refractivity contribution in [2.45, 2.75) is 25.8 Å². The van der Waals surface area contributed by atoms with Crippen LogP contribution in [0, 0.1) is 18.7 Å². The van der Waals surface area contributed by atoms with Crippen LogP contribution in [0.15, 0.2) is 48.5 Å². The Kier molecular flexibility index (Phi) is 7.11. The van der Waals surface area contributed by atoms with Crippen LogP contribution in [0.5, 0.6) is 0 Å². The Bertz CT molecular complexity index is 793. The van der Waals surface area contributed by atoms with E-state index in [2.05, 4.69) is 0 Å². The van der Waals surface area contributed by atoms with E-state index < -0.39 is 6.04 Å². The second-order valence-corrected chi connectivity index (χ2v) is 6.88. The standard InChI is InChI=1S/C21H23FN2O2.ClH/c1-14-4-6-15(7-5-14)19(23)21(26)24-12-2-3-17(13-24)20(25)16-8-10-18(22)11-9-16;/h4-11,17,19H,2-3,12-13,23H2,1H3;1H. The zero-order valence-electron chi connectivity index (χ0n) is 15.2. The van der Waals surface area contributed by atoms with Gasteiger partial charge in [0.2, 0.25) is 5.91 Å². The highest BCUT2D eigenvalue weighted by Gasteiger charge is 2.31. The predicted octanol–water partition coefficient (Wildman–Crippen LogP) is 3.68. The molecule has 1 amide bonds. The maximum Gasteiger partial charge on any atom is 0.244 e. The summed E-state index contributed by atoms with van der Waals surface area (Å²) in [7, 11) is 0. The molecule has 1 aliphatic rings. The minimum Gasteiger partial charge on any atom is -0.340 e. The highest BCUT2D eigenvalue weighted by molar-refractivity contribution is 5.98. The number of piperidine rings is 1. The number of amides is 1. The first-order chi connectivity index (χ1) is 12.5. The number of aryl methyl sites for hydroxylation is 1. The molecule has 1 saturated heterocycles. The average Bonchev–Trinajstić information content (AvgIpc) is 2.67. The van der Waals surface area contributed by atoms with E-state index in [9.17, 15) is 14.0 Å². The minimum atomic E-state index is -0.727. The normalized spacial score (nSPS) is 17.7. The van der Waals surface area contributed by atoms with Crippen molar-refractivity contribution < 1.29 is 14.0 Å². The lowest BCUT2D eigenvalue weighted by molar-refractivity contribution is -0.134. The summed E-state index contributed by atoms with van der Waals surface area (Å²) >= 11 is 0. The van der Waals surface area contributed by atoms with E-state index in [1.807, 2.05) is 31.2 Å². The van der Waals surface area contributed by atoms with Gasteiger partial charge in [-0.2, -0.15) is 0 Å². The van der Waals surface area contributed by atoms with Gasteiger partial charge in [-0.1, -0.05) is 29.8 Å². The van der Waals surface area contributed by atoms with Crippen LogP contribution in [0.2, 0.25) is 0 Å². The van der Waals surface area contributed by atoms with E-state index in [1.165, 1.54) is 24.3 Å². The van der Waals surface area contributed by atoms with Gasteiger partial charge in [0.1, 0.15) is 11.9 Å². The van der Waals surface area contributed by atoms with Crippen LogP contribution in [-0.2, 0) is 4.79 Å². The predicted molar refractivity (Wildman–Crippen MR) is 105 cm³/mol. The summed E-state index contributed by atoms with van der Waals surface area (Å²) in [6.45, 7) is 2.94. The lowest BCUT2D eigenvalue weighted by Gasteiger charge is -2.33. The number of nitrogens with two attached hydrogens (primary N) is 1. The van der Waals surface area contributed by atoms with Crippen LogP contribution in [0.1, 0.15) is 40.4 Å². The second kappa shape index (κ2) is 9.11. The molecular weight excluding hydrogens is 367 g/mol. The third-order valence-corrected chi connectivity index (χ3v) is 4.94. The number of hydrogen-bond donors (Lipinski definition) is 1. The number of rotatable bonds is 4. The van der Waals surface area contributed by atoms with Crippen LogP contribution < -0.4 is 5.73 Å². The third-order valence-electron chi connectivity index (χ3n) is 4.94. The topological polar surface area (TPSA) is 63.4 Å². The smallest absolute Gasteiger partial charge is 0.244 e. The average molecular weight is 391 g/mol. The molecule has 0 bridgehead atoms. The van der Waals surface area contributed by atoms with Crippen molar-refractivity contribution in [3.63, 3.8) is 0 Å². The minimum absolute atomic E-state index is 0. The van der Waals surface area contributed by atoms with Crippen LogP contribution >= 0.6 is 12.4 Å². The zero-order valence-corrected chi connectivity index (χ0v) is 16.0. The maximum absolute atomic E-state index is 13.1. The Labute approximate surface area is 165 Å². The molecule has 2 atom stereocenters. The Hall–Kier alpha value is -2.24. The number of hydrogen-bond acceptors (Lipinski definition) is 3. The molecule has 0 aliphatic carbocycles. The van der Waals surface area contributed by atoms with Crippen molar-refractivity contribution in [2.24, 2.45) is 11.7 Å². The first-order valence-electron chi connectivity index (χ1n) is 8.86. The van der Waals surface area contributed by atoms with Gasteiger partial charge in [0.05, 0.1) is 0 Å². The molecule has 1 heterocycles. The summed E-state index contributed by atoms with van der Waals surface area (Å²) in [6, 6.07) is 12.4. The molecule has 27 heavy (non-hydrogen) atoms. The lowest BCUT2D eigenvalue weighted by Crippen LogP contribution is -2.46. The first kappa shape index (κ1) is 21.1. The summed E-state index contributed by atoms with van der Waals surface area (Å²) in [6.07, 6.45) is 1.48. The highest BCUT2D eigenvalue weighted by Crippen LogP contribution is 2.24. The van der Waals surface area contributed by atoms with Gasteiger partial charge in [0.15, 0.2) is 5.78 Å². The number of ketones is 1. The molecule has 0 radical (unpaired) electrons. The molecule has 1 aliphatic heterocycles. The van der Waals surface area contributed by atoms with Crippen LogP contribution in [0.3, 0.4) is 0 Å². The number of nitrogens with zero attached hydrogens (tertiary/aromatic N) is 1. The molecule has 6 heteroatoms. The number of likely N-dealkylation sites (tertiary alicyclic amines) is 1. The van der Waals surface area contributed by atoms with E-state index in [4.69, 9.17) is 5.73 Å². The molecule has 3 rings (SSSR count). The zero-order chi connectivity index (χ0) is 18.7.